The molecule has 0 saturated heterocycles. The van der Waals surface area contributed by atoms with Crippen LogP contribution in [0.15, 0.2) is 78.9 Å². The third-order valence-electron chi connectivity index (χ3n) is 4.25. The Labute approximate surface area is 180 Å². The molecule has 0 unspecified atom stereocenters. The van der Waals surface area contributed by atoms with E-state index in [0.717, 1.165) is 6.42 Å². The minimum Gasteiger partial charge on any atom is -0.493 e. The maximum Gasteiger partial charge on any atom is 0.257 e. The van der Waals surface area contributed by atoms with Crippen LogP contribution in [0.3, 0.4) is 0 Å². The summed E-state index contributed by atoms with van der Waals surface area (Å²) in [6, 6.07) is 23.4. The van der Waals surface area contributed by atoms with Gasteiger partial charge in [0.1, 0.15) is 5.75 Å². The summed E-state index contributed by atoms with van der Waals surface area (Å²) in [6.45, 7) is 0.510. The van der Waals surface area contributed by atoms with Crippen molar-refractivity contribution in [1.29, 1.82) is 0 Å². The summed E-state index contributed by atoms with van der Waals surface area (Å²) < 4.78 is 5.77. The summed E-state index contributed by atoms with van der Waals surface area (Å²) in [5.41, 5.74) is 7.85. The number of thiocarbonyl (C=S) groups is 1. The van der Waals surface area contributed by atoms with E-state index in [1.807, 2.05) is 30.3 Å². The van der Waals surface area contributed by atoms with Gasteiger partial charge in [0.15, 0.2) is 5.11 Å². The summed E-state index contributed by atoms with van der Waals surface area (Å²) >= 11 is 5.19. The van der Waals surface area contributed by atoms with Gasteiger partial charge in [-0.25, -0.2) is 0 Å². The van der Waals surface area contributed by atoms with Gasteiger partial charge in [0.2, 0.25) is 5.91 Å². The number of hydrogen-bond acceptors (Lipinski definition) is 4. The highest BCUT2D eigenvalue weighted by Crippen LogP contribution is 2.14. The third kappa shape index (κ3) is 6.15. The summed E-state index contributed by atoms with van der Waals surface area (Å²) in [7, 11) is 0. The molecular weight excluding hydrogens is 398 g/mol. The zero-order valence-corrected chi connectivity index (χ0v) is 16.9. The second-order valence-electron chi connectivity index (χ2n) is 6.46. The number of nitrogens with two attached hydrogens (primary N) is 1. The van der Waals surface area contributed by atoms with Crippen LogP contribution in [0.1, 0.15) is 26.3 Å². The molecule has 3 aromatic rings. The van der Waals surface area contributed by atoms with Crippen molar-refractivity contribution in [2.75, 3.05) is 11.9 Å². The van der Waals surface area contributed by atoms with E-state index in [4.69, 9.17) is 22.7 Å². The van der Waals surface area contributed by atoms with Crippen molar-refractivity contribution in [3.05, 3.63) is 95.6 Å². The Balaban J connectivity index is 1.52. The molecule has 2 amide bonds. The fourth-order valence-corrected chi connectivity index (χ4v) is 2.92. The molecule has 3 rings (SSSR count). The Bertz CT molecular complexity index is 1040. The molecule has 0 heterocycles. The van der Waals surface area contributed by atoms with E-state index in [-0.39, 0.29) is 11.0 Å². The Morgan fingerprint density at radius 3 is 2.33 bits per heavy atom. The number of carbonyl (C=O) groups excluding carboxylic acids is 2. The van der Waals surface area contributed by atoms with Gasteiger partial charge in [0.05, 0.1) is 6.61 Å². The molecule has 0 aliphatic carbocycles. The highest BCUT2D eigenvalue weighted by molar-refractivity contribution is 7.80. The van der Waals surface area contributed by atoms with Gasteiger partial charge >= 0.3 is 0 Å². The Kier molecular flexibility index (Phi) is 7.13. The number of rotatable bonds is 7. The fourth-order valence-electron chi connectivity index (χ4n) is 2.71. The molecule has 152 valence electrons. The smallest absolute Gasteiger partial charge is 0.257 e. The lowest BCUT2D eigenvalue weighted by Gasteiger charge is -2.11. The van der Waals surface area contributed by atoms with Crippen LogP contribution < -0.4 is 21.1 Å². The van der Waals surface area contributed by atoms with Crippen LogP contribution in [-0.4, -0.2) is 23.5 Å². The van der Waals surface area contributed by atoms with Crippen molar-refractivity contribution in [1.82, 2.24) is 5.32 Å². The molecule has 7 heteroatoms. The zero-order valence-electron chi connectivity index (χ0n) is 16.1. The lowest BCUT2D eigenvalue weighted by molar-refractivity contribution is 0.0974. The summed E-state index contributed by atoms with van der Waals surface area (Å²) in [5, 5.41) is 5.66. The maximum atomic E-state index is 12.5. The van der Waals surface area contributed by atoms with Crippen molar-refractivity contribution in [2.45, 2.75) is 6.42 Å². The summed E-state index contributed by atoms with van der Waals surface area (Å²) in [6.07, 6.45) is 0.778. The predicted octanol–water partition coefficient (Wildman–Crippen LogP) is 3.53. The largest absolute Gasteiger partial charge is 0.493 e. The molecule has 0 fully saturated rings. The molecule has 30 heavy (non-hydrogen) atoms. The number of benzene rings is 3. The van der Waals surface area contributed by atoms with Crippen molar-refractivity contribution in [2.24, 2.45) is 5.73 Å². The van der Waals surface area contributed by atoms with Crippen LogP contribution >= 0.6 is 12.2 Å². The summed E-state index contributed by atoms with van der Waals surface area (Å²) in [5.74, 6) is -0.252. The van der Waals surface area contributed by atoms with Crippen LogP contribution in [-0.2, 0) is 6.42 Å². The van der Waals surface area contributed by atoms with Gasteiger partial charge in [-0.3, -0.25) is 14.9 Å². The van der Waals surface area contributed by atoms with Gasteiger partial charge in [-0.15, -0.1) is 0 Å². The summed E-state index contributed by atoms with van der Waals surface area (Å²) in [4.78, 5) is 23.6. The third-order valence-corrected chi connectivity index (χ3v) is 4.46. The van der Waals surface area contributed by atoms with E-state index < -0.39 is 5.91 Å². The Hall–Kier alpha value is -3.71. The molecular formula is C23H21N3O3S. The number of amides is 2. The molecule has 6 nitrogen and oxygen atoms in total. The number of nitrogens with one attached hydrogen (secondary N) is 2. The molecule has 0 aliphatic heterocycles. The van der Waals surface area contributed by atoms with Crippen LogP contribution in [0, 0.1) is 0 Å². The molecule has 3 aromatic carbocycles. The van der Waals surface area contributed by atoms with Gasteiger partial charge < -0.3 is 15.8 Å². The molecule has 4 N–H and O–H groups in total. The monoisotopic (exact) mass is 419 g/mol. The molecule has 0 atom stereocenters. The second kappa shape index (κ2) is 10.2. The van der Waals surface area contributed by atoms with Crippen LogP contribution in [0.5, 0.6) is 5.75 Å². The predicted molar refractivity (Wildman–Crippen MR) is 121 cm³/mol. The van der Waals surface area contributed by atoms with Gasteiger partial charge in [-0.1, -0.05) is 36.4 Å². The van der Waals surface area contributed by atoms with E-state index in [9.17, 15) is 9.59 Å². The van der Waals surface area contributed by atoms with Crippen molar-refractivity contribution < 1.29 is 14.3 Å². The Morgan fingerprint density at radius 1 is 0.900 bits per heavy atom. The minimum absolute atomic E-state index is 0.141. The number of ether oxygens (including phenoxy) is 1. The zero-order chi connectivity index (χ0) is 21.3. The van der Waals surface area contributed by atoms with Crippen molar-refractivity contribution in [3.63, 3.8) is 0 Å². The number of carbonyl (C=O) groups is 2. The average Bonchev–Trinajstić information content (AvgIpc) is 2.75. The first kappa shape index (κ1) is 21.0. The van der Waals surface area contributed by atoms with Crippen molar-refractivity contribution in [3.8, 4) is 5.75 Å². The highest BCUT2D eigenvalue weighted by Gasteiger charge is 2.10. The minimum atomic E-state index is -0.511. The van der Waals surface area contributed by atoms with Crippen LogP contribution in [0.4, 0.5) is 5.69 Å². The average molecular weight is 420 g/mol. The highest BCUT2D eigenvalue weighted by atomic mass is 32.1. The lowest BCUT2D eigenvalue weighted by Crippen LogP contribution is -2.34. The molecule has 0 bridgehead atoms. The molecule has 0 radical (unpaired) electrons. The Morgan fingerprint density at radius 2 is 1.63 bits per heavy atom. The maximum absolute atomic E-state index is 12.5. The van der Waals surface area contributed by atoms with E-state index in [1.54, 1.807) is 48.5 Å². The lowest BCUT2D eigenvalue weighted by atomic mass is 10.2. The van der Waals surface area contributed by atoms with Crippen LogP contribution in [0.2, 0.25) is 0 Å². The number of anilines is 1. The van der Waals surface area contributed by atoms with Crippen LogP contribution in [0.25, 0.3) is 0 Å². The molecule has 0 aromatic heterocycles. The molecule has 0 aliphatic rings. The quantitative estimate of drug-likeness (QED) is 0.510. The number of hydrogen-bond donors (Lipinski definition) is 3. The van der Waals surface area contributed by atoms with Crippen molar-refractivity contribution >= 4 is 34.8 Å². The van der Waals surface area contributed by atoms with E-state index in [2.05, 4.69) is 10.6 Å². The second-order valence-corrected chi connectivity index (χ2v) is 6.87. The number of primary amides is 1. The SMILES string of the molecule is NC(=O)c1ccc(NC(=S)NC(=O)c2cccc(OCCc3ccccc3)c2)cc1. The van der Waals surface area contributed by atoms with Gasteiger partial charge in [0.25, 0.3) is 5.91 Å². The molecule has 0 saturated carbocycles. The fraction of sp³-hybridized carbons (Fsp3) is 0.0870. The van der Waals surface area contributed by atoms with Gasteiger partial charge in [0, 0.05) is 23.2 Å². The first-order chi connectivity index (χ1) is 14.5. The van der Waals surface area contributed by atoms with E-state index >= 15 is 0 Å². The normalized spacial score (nSPS) is 10.1. The standard InChI is InChI=1S/C23H21N3O3S/c24-21(27)17-9-11-19(12-10-17)25-23(30)26-22(28)18-7-4-8-20(15-18)29-14-13-16-5-2-1-3-6-16/h1-12,15H,13-14H2,(H2,24,27)(H2,25,26,28,30). The van der Waals surface area contributed by atoms with E-state index in [1.165, 1.54) is 5.56 Å². The first-order valence-electron chi connectivity index (χ1n) is 9.30. The molecule has 0 spiro atoms. The van der Waals surface area contributed by atoms with Gasteiger partial charge in [-0.05, 0) is 60.2 Å². The topological polar surface area (TPSA) is 93.5 Å². The first-order valence-corrected chi connectivity index (χ1v) is 9.71. The van der Waals surface area contributed by atoms with Gasteiger partial charge in [-0.2, -0.15) is 0 Å². The van der Waals surface area contributed by atoms with E-state index in [0.29, 0.717) is 29.2 Å².